The van der Waals surface area contributed by atoms with Crippen LogP contribution in [0.25, 0.3) is 11.0 Å². The predicted molar refractivity (Wildman–Crippen MR) is 64.7 cm³/mol. The molecule has 0 saturated carbocycles. The van der Waals surface area contributed by atoms with Crippen molar-refractivity contribution < 1.29 is 0 Å². The number of fused-ring (bicyclic) bond motifs is 2. The molecule has 4 rings (SSSR count). The van der Waals surface area contributed by atoms with E-state index in [1.807, 2.05) is 6.07 Å². The fourth-order valence-electron chi connectivity index (χ4n) is 2.28. The molecule has 0 aromatic carbocycles. The molecule has 2 N–H and O–H groups in total. The lowest BCUT2D eigenvalue weighted by Crippen LogP contribution is -2.47. The van der Waals surface area contributed by atoms with Gasteiger partial charge < -0.3 is 5.32 Å². The summed E-state index contributed by atoms with van der Waals surface area (Å²) < 4.78 is 1.68. The predicted octanol–water partition coefficient (Wildman–Crippen LogP) is -0.597. The molecule has 1 fully saturated rings. The lowest BCUT2D eigenvalue weighted by atomic mass is 10.1. The van der Waals surface area contributed by atoms with E-state index in [0.717, 1.165) is 24.0 Å². The van der Waals surface area contributed by atoms with Gasteiger partial charge in [0.25, 0.3) is 0 Å². The standard InChI is InChI=1S/C11H11N7/c1-2-8-10(13-4-1)15-11(14-8)18-9-6-12-5-3-7(9)16-17-18/h3,5-6,8,10,13H,1,4H2,(H,14,15). The molecule has 2 aromatic heterocycles. The minimum absolute atomic E-state index is 0.0460. The summed E-state index contributed by atoms with van der Waals surface area (Å²) in [5, 5.41) is 14.8. The summed E-state index contributed by atoms with van der Waals surface area (Å²) in [4.78, 5) is 8.66. The van der Waals surface area contributed by atoms with E-state index in [1.54, 1.807) is 17.1 Å². The van der Waals surface area contributed by atoms with Crippen LogP contribution in [0.2, 0.25) is 0 Å². The van der Waals surface area contributed by atoms with Crippen LogP contribution in [-0.4, -0.2) is 44.7 Å². The van der Waals surface area contributed by atoms with Crippen molar-refractivity contribution in [2.45, 2.75) is 18.6 Å². The Hall–Kier alpha value is -2.02. The highest BCUT2D eigenvalue weighted by atomic mass is 15.5. The third kappa shape index (κ3) is 1.40. The Labute approximate surface area is 103 Å². The molecule has 2 unspecified atom stereocenters. The number of hydrogen-bond donors (Lipinski definition) is 2. The van der Waals surface area contributed by atoms with Gasteiger partial charge in [0.15, 0.2) is 0 Å². The monoisotopic (exact) mass is 241 g/mol. The average Bonchev–Trinajstić information content (AvgIpc) is 3.02. The summed E-state index contributed by atoms with van der Waals surface area (Å²) in [6, 6.07) is 1.95. The molecule has 0 bridgehead atoms. The summed E-state index contributed by atoms with van der Waals surface area (Å²) in [5.74, 6) is 0.697. The van der Waals surface area contributed by atoms with Crippen LogP contribution in [0.1, 0.15) is 6.42 Å². The quantitative estimate of drug-likeness (QED) is 0.644. The number of rotatable bonds is 0. The molecule has 4 heterocycles. The zero-order valence-corrected chi connectivity index (χ0v) is 9.54. The summed E-state index contributed by atoms with van der Waals surface area (Å²) >= 11 is 0. The number of pyridine rings is 1. The first-order chi connectivity index (χ1) is 8.92. The van der Waals surface area contributed by atoms with E-state index in [4.69, 9.17) is 0 Å². The van der Waals surface area contributed by atoms with Crippen LogP contribution in [0.15, 0.2) is 23.5 Å². The molecule has 2 aliphatic rings. The molecule has 90 valence electrons. The molecule has 2 aliphatic heterocycles. The highest BCUT2D eigenvalue weighted by molar-refractivity contribution is 5.91. The first-order valence-electron chi connectivity index (χ1n) is 5.89. The van der Waals surface area contributed by atoms with E-state index in [1.165, 1.54) is 0 Å². The molecule has 7 nitrogen and oxygen atoms in total. The van der Waals surface area contributed by atoms with E-state index in [2.05, 4.69) is 37.3 Å². The van der Waals surface area contributed by atoms with Gasteiger partial charge in [-0.1, -0.05) is 5.21 Å². The Kier molecular flexibility index (Phi) is 2.07. The number of piperidine rings is 1. The number of aromatic nitrogens is 4. The zero-order valence-electron chi connectivity index (χ0n) is 9.54. The Morgan fingerprint density at radius 3 is 3.39 bits per heavy atom. The zero-order chi connectivity index (χ0) is 11.9. The van der Waals surface area contributed by atoms with Gasteiger partial charge in [-0.3, -0.25) is 10.3 Å². The smallest absolute Gasteiger partial charge is 0.223 e. The van der Waals surface area contributed by atoms with Crippen LogP contribution in [0.4, 0.5) is 0 Å². The van der Waals surface area contributed by atoms with Gasteiger partial charge in [-0.15, -0.1) is 5.10 Å². The van der Waals surface area contributed by atoms with Gasteiger partial charge in [-0.25, -0.2) is 4.99 Å². The van der Waals surface area contributed by atoms with Crippen molar-refractivity contribution in [3.05, 3.63) is 24.9 Å². The third-order valence-corrected chi connectivity index (χ3v) is 3.15. The summed E-state index contributed by atoms with van der Waals surface area (Å²) in [7, 11) is 0. The third-order valence-electron chi connectivity index (χ3n) is 3.15. The van der Waals surface area contributed by atoms with Crippen LogP contribution in [0.5, 0.6) is 0 Å². The van der Waals surface area contributed by atoms with Gasteiger partial charge in [-0.2, -0.15) is 4.68 Å². The largest absolute Gasteiger partial charge is 0.348 e. The molecule has 2 radical (unpaired) electrons. The minimum atomic E-state index is 0.0460. The van der Waals surface area contributed by atoms with Gasteiger partial charge in [0.05, 0.1) is 12.2 Å². The SMILES string of the molecule is [C]1CCNC2N=C(n3nnc4ccncc43)NC12. The Balaban J connectivity index is 1.75. The van der Waals surface area contributed by atoms with Crippen LogP contribution >= 0.6 is 0 Å². The van der Waals surface area contributed by atoms with E-state index < -0.39 is 0 Å². The highest BCUT2D eigenvalue weighted by Gasteiger charge is 2.32. The first kappa shape index (κ1) is 9.95. The van der Waals surface area contributed by atoms with Gasteiger partial charge in [0.2, 0.25) is 5.96 Å². The van der Waals surface area contributed by atoms with E-state index in [9.17, 15) is 0 Å². The van der Waals surface area contributed by atoms with E-state index >= 15 is 0 Å². The number of hydrogen-bond acceptors (Lipinski definition) is 6. The lowest BCUT2D eigenvalue weighted by Gasteiger charge is -2.23. The summed E-state index contributed by atoms with van der Waals surface area (Å²) in [6.45, 7) is 0.916. The maximum Gasteiger partial charge on any atom is 0.223 e. The molecule has 0 amide bonds. The van der Waals surface area contributed by atoms with E-state index in [0.29, 0.717) is 5.96 Å². The molecule has 2 aromatic rings. The normalized spacial score (nSPS) is 26.8. The lowest BCUT2D eigenvalue weighted by molar-refractivity contribution is 0.425. The number of aliphatic imine (C=N–C) groups is 1. The maximum absolute atomic E-state index is 4.57. The molecule has 0 spiro atoms. The Morgan fingerprint density at radius 2 is 2.44 bits per heavy atom. The first-order valence-corrected chi connectivity index (χ1v) is 5.89. The average molecular weight is 241 g/mol. The van der Waals surface area contributed by atoms with Gasteiger partial charge in [-0.05, 0) is 19.0 Å². The van der Waals surface area contributed by atoms with Crippen LogP contribution in [-0.2, 0) is 0 Å². The second-order valence-corrected chi connectivity index (χ2v) is 4.29. The van der Waals surface area contributed by atoms with Crippen molar-refractivity contribution in [1.82, 2.24) is 30.6 Å². The molecule has 7 heteroatoms. The molecule has 1 saturated heterocycles. The van der Waals surface area contributed by atoms with Gasteiger partial charge >= 0.3 is 0 Å². The second kappa shape index (κ2) is 3.74. The second-order valence-electron chi connectivity index (χ2n) is 4.29. The topological polar surface area (TPSA) is 80.0 Å². The van der Waals surface area contributed by atoms with Crippen LogP contribution in [0.3, 0.4) is 0 Å². The highest BCUT2D eigenvalue weighted by Crippen LogP contribution is 2.16. The summed E-state index contributed by atoms with van der Waals surface area (Å²) in [6.07, 6.45) is 7.77. The fourth-order valence-corrected chi connectivity index (χ4v) is 2.28. The molecule has 18 heavy (non-hydrogen) atoms. The molecular weight excluding hydrogens is 230 g/mol. The van der Waals surface area contributed by atoms with Crippen molar-refractivity contribution in [2.24, 2.45) is 4.99 Å². The number of nitrogens with one attached hydrogen (secondary N) is 2. The molecule has 2 atom stereocenters. The van der Waals surface area contributed by atoms with E-state index in [-0.39, 0.29) is 12.2 Å². The molecular formula is C11H11N7. The fraction of sp³-hybridized carbons (Fsp3) is 0.364. The Morgan fingerprint density at radius 1 is 1.44 bits per heavy atom. The van der Waals surface area contributed by atoms with Gasteiger partial charge in [0.1, 0.15) is 17.2 Å². The van der Waals surface area contributed by atoms with Crippen molar-refractivity contribution in [1.29, 1.82) is 0 Å². The van der Waals surface area contributed by atoms with Crippen molar-refractivity contribution in [3.8, 4) is 0 Å². The Bertz CT molecular complexity index is 617. The van der Waals surface area contributed by atoms with Crippen LogP contribution < -0.4 is 10.6 Å². The van der Waals surface area contributed by atoms with Crippen molar-refractivity contribution in [3.63, 3.8) is 0 Å². The van der Waals surface area contributed by atoms with Crippen molar-refractivity contribution >= 4 is 17.0 Å². The molecule has 0 aliphatic carbocycles. The van der Waals surface area contributed by atoms with Crippen LogP contribution in [0, 0.1) is 6.42 Å². The minimum Gasteiger partial charge on any atom is -0.348 e. The number of nitrogens with zero attached hydrogens (tertiary/aromatic N) is 5. The summed E-state index contributed by atoms with van der Waals surface area (Å²) in [5.41, 5.74) is 1.66. The maximum atomic E-state index is 4.57. The van der Waals surface area contributed by atoms with Gasteiger partial charge in [0, 0.05) is 12.6 Å². The van der Waals surface area contributed by atoms with Crippen molar-refractivity contribution in [2.75, 3.05) is 6.54 Å².